The van der Waals surface area contributed by atoms with Crippen molar-refractivity contribution in [2.24, 2.45) is 11.5 Å². The maximum atomic E-state index is 13.8. The molecule has 0 atom stereocenters. The predicted molar refractivity (Wildman–Crippen MR) is 216 cm³/mol. The predicted octanol–water partition coefficient (Wildman–Crippen LogP) is 7.06. The summed E-state index contributed by atoms with van der Waals surface area (Å²) in [7, 11) is -1.38. The molecule has 19 heteroatoms. The van der Waals surface area contributed by atoms with E-state index in [4.69, 9.17) is 21.5 Å². The van der Waals surface area contributed by atoms with E-state index in [0.29, 0.717) is 39.7 Å². The third-order valence-electron chi connectivity index (χ3n) is 7.21. The summed E-state index contributed by atoms with van der Waals surface area (Å²) in [4.78, 5) is 22.1. The number of nitrogens with one attached hydrogen (secondary N) is 1. The van der Waals surface area contributed by atoms with Crippen molar-refractivity contribution in [3.05, 3.63) is 167 Å². The van der Waals surface area contributed by atoms with Crippen LogP contribution in [0.5, 0.6) is 0 Å². The molecule has 0 bridgehead atoms. The summed E-state index contributed by atoms with van der Waals surface area (Å²) in [5.41, 5.74) is 15.7. The molecule has 1 amide bonds. The van der Waals surface area contributed by atoms with Gasteiger partial charge in [0.25, 0.3) is 0 Å². The standard InChI is InChI=1S/C14H10F4N2O.C12H11FN2.C7H7BrFN.C5H6BNO2.2ClH/c15-12-2-1-9(8-20-13(21)14(16,17)18)7-11(12)10-3-5-19-6-4-10;13-12-2-1-9(8-14)7-11(12)10-3-5-15-6-4-10;8-6-3-5(4-10)1-2-7(6)9;8-6(9)5-1-3-7-4-2-5;;/h1-7H,8H2,(H,20,21);1-7H,8,14H2;1-3H,4,10H2;1-4,8-9H;2*1H. The van der Waals surface area contributed by atoms with Gasteiger partial charge in [0.1, 0.15) is 17.5 Å². The molecule has 3 aromatic carbocycles. The van der Waals surface area contributed by atoms with Crippen molar-refractivity contribution in [1.29, 1.82) is 0 Å². The third-order valence-corrected chi connectivity index (χ3v) is 7.82. The van der Waals surface area contributed by atoms with Gasteiger partial charge in [-0.3, -0.25) is 19.7 Å². The van der Waals surface area contributed by atoms with Gasteiger partial charge in [-0.05, 0) is 122 Å². The molecule has 0 saturated carbocycles. The normalized spacial score (nSPS) is 10.0. The summed E-state index contributed by atoms with van der Waals surface area (Å²) in [6, 6.07) is 23.3. The first kappa shape index (κ1) is 50.1. The first-order valence-electron chi connectivity index (χ1n) is 16.1. The zero-order valence-electron chi connectivity index (χ0n) is 29.6. The lowest BCUT2D eigenvalue weighted by molar-refractivity contribution is -0.173. The van der Waals surface area contributed by atoms with E-state index in [2.05, 4.69) is 30.9 Å². The van der Waals surface area contributed by atoms with E-state index in [0.717, 1.165) is 22.8 Å². The summed E-state index contributed by atoms with van der Waals surface area (Å²) < 4.78 is 76.5. The lowest BCUT2D eigenvalue weighted by Crippen LogP contribution is -2.36. The Hall–Kier alpha value is -4.88. The molecule has 0 radical (unpaired) electrons. The molecule has 3 heterocycles. The number of carbonyl (C=O) groups excluding carboxylic acids is 1. The van der Waals surface area contributed by atoms with Gasteiger partial charge in [-0.15, -0.1) is 24.8 Å². The summed E-state index contributed by atoms with van der Waals surface area (Å²) >= 11 is 3.06. The number of hydrogen-bond donors (Lipinski definition) is 5. The van der Waals surface area contributed by atoms with Crippen molar-refractivity contribution in [3.8, 4) is 22.3 Å². The average molecular weight is 900 g/mol. The highest BCUT2D eigenvalue weighted by atomic mass is 79.9. The van der Waals surface area contributed by atoms with Gasteiger partial charge < -0.3 is 26.8 Å². The monoisotopic (exact) mass is 898 g/mol. The Balaban J connectivity index is 0.000000397. The summed E-state index contributed by atoms with van der Waals surface area (Å²) in [6.07, 6.45) is 4.32. The highest BCUT2D eigenvalue weighted by molar-refractivity contribution is 9.10. The van der Waals surface area contributed by atoms with Gasteiger partial charge in [0, 0.05) is 67.9 Å². The number of rotatable bonds is 7. The molecular weight excluding hydrogens is 864 g/mol. The Morgan fingerprint density at radius 3 is 1.40 bits per heavy atom. The fourth-order valence-electron chi connectivity index (χ4n) is 4.37. The van der Waals surface area contributed by atoms with Gasteiger partial charge in [-0.2, -0.15) is 13.2 Å². The van der Waals surface area contributed by atoms with Crippen LogP contribution in [0.25, 0.3) is 22.3 Å². The number of nitrogens with zero attached hydrogens (tertiary/aromatic N) is 3. The first-order valence-corrected chi connectivity index (χ1v) is 16.9. The number of halogens is 9. The van der Waals surface area contributed by atoms with Gasteiger partial charge in [-0.1, -0.05) is 18.2 Å². The topological polar surface area (TPSA) is 160 Å². The quantitative estimate of drug-likeness (QED) is 0.0842. The van der Waals surface area contributed by atoms with Gasteiger partial charge >= 0.3 is 19.2 Å². The largest absolute Gasteiger partial charge is 0.488 e. The van der Waals surface area contributed by atoms with Crippen molar-refractivity contribution in [2.45, 2.75) is 25.8 Å². The zero-order chi connectivity index (χ0) is 40.4. The average Bonchev–Trinajstić information content (AvgIpc) is 3.20. The number of hydrogen-bond acceptors (Lipinski definition) is 8. The van der Waals surface area contributed by atoms with Crippen LogP contribution in [0.4, 0.5) is 26.3 Å². The lowest BCUT2D eigenvalue weighted by atomic mass is 9.81. The van der Waals surface area contributed by atoms with Crippen LogP contribution in [0.3, 0.4) is 0 Å². The number of carbonyl (C=O) groups is 1. The number of pyridine rings is 3. The highest BCUT2D eigenvalue weighted by Gasteiger charge is 2.38. The number of nitrogens with two attached hydrogens (primary N) is 2. The molecule has 0 aliphatic carbocycles. The minimum atomic E-state index is -4.94. The number of aromatic nitrogens is 3. The van der Waals surface area contributed by atoms with Gasteiger partial charge in [-0.25, -0.2) is 13.2 Å². The molecule has 3 aromatic heterocycles. The SMILES string of the molecule is Cl.Cl.NCc1ccc(F)c(-c2ccncc2)c1.NCc1ccc(F)c(Br)c1.O=C(NCc1ccc(F)c(-c2ccncc2)c1)C(F)(F)F.OB(O)c1ccncc1. The second-order valence-corrected chi connectivity index (χ2v) is 11.9. The van der Waals surface area contributed by atoms with Crippen molar-refractivity contribution in [2.75, 3.05) is 0 Å². The van der Waals surface area contributed by atoms with Gasteiger partial charge in [0.05, 0.1) is 4.47 Å². The Morgan fingerprint density at radius 1 is 0.632 bits per heavy atom. The summed E-state index contributed by atoms with van der Waals surface area (Å²) in [5, 5.41) is 18.8. The second-order valence-electron chi connectivity index (χ2n) is 11.1. The molecule has 57 heavy (non-hydrogen) atoms. The molecule has 0 unspecified atom stereocenters. The lowest BCUT2D eigenvalue weighted by Gasteiger charge is -2.10. The Bertz CT molecular complexity index is 2100. The molecule has 0 aliphatic heterocycles. The zero-order valence-corrected chi connectivity index (χ0v) is 32.8. The summed E-state index contributed by atoms with van der Waals surface area (Å²) in [5.74, 6) is -3.03. The summed E-state index contributed by atoms with van der Waals surface area (Å²) in [6.45, 7) is 0.522. The molecule has 9 nitrogen and oxygen atoms in total. The first-order chi connectivity index (χ1) is 26.2. The fourth-order valence-corrected chi connectivity index (χ4v) is 4.80. The fraction of sp³-hybridized carbons (Fsp3) is 0.105. The van der Waals surface area contributed by atoms with E-state index in [1.165, 1.54) is 49.1 Å². The van der Waals surface area contributed by atoms with E-state index < -0.39 is 25.0 Å². The van der Waals surface area contributed by atoms with E-state index in [1.807, 2.05) is 0 Å². The minimum Gasteiger partial charge on any atom is -0.423 e. The van der Waals surface area contributed by atoms with Crippen molar-refractivity contribution >= 4 is 59.2 Å². The van der Waals surface area contributed by atoms with Crippen molar-refractivity contribution in [1.82, 2.24) is 20.3 Å². The molecule has 0 aliphatic rings. The molecule has 302 valence electrons. The van der Waals surface area contributed by atoms with Gasteiger partial charge in [0.2, 0.25) is 0 Å². The highest BCUT2D eigenvalue weighted by Crippen LogP contribution is 2.25. The van der Waals surface area contributed by atoms with Crippen LogP contribution in [0.2, 0.25) is 0 Å². The Morgan fingerprint density at radius 2 is 1.02 bits per heavy atom. The molecular formula is C38H36BBrCl2F6N6O3. The van der Waals surface area contributed by atoms with Gasteiger partial charge in [0.15, 0.2) is 0 Å². The van der Waals surface area contributed by atoms with Crippen molar-refractivity contribution < 1.29 is 41.2 Å². The smallest absolute Gasteiger partial charge is 0.423 e. The third kappa shape index (κ3) is 17.0. The maximum Gasteiger partial charge on any atom is 0.488 e. The van der Waals surface area contributed by atoms with Crippen LogP contribution in [0, 0.1) is 17.5 Å². The molecule has 0 fully saturated rings. The van der Waals surface area contributed by atoms with E-state index in [1.54, 1.807) is 78.4 Å². The minimum absolute atomic E-state index is 0. The van der Waals surface area contributed by atoms with E-state index >= 15 is 0 Å². The number of benzene rings is 3. The van der Waals surface area contributed by atoms with E-state index in [9.17, 15) is 31.1 Å². The van der Waals surface area contributed by atoms with Crippen LogP contribution < -0.4 is 22.2 Å². The molecule has 0 saturated heterocycles. The molecule has 6 aromatic rings. The van der Waals surface area contributed by atoms with Crippen LogP contribution in [-0.4, -0.2) is 44.2 Å². The van der Waals surface area contributed by atoms with Crippen LogP contribution in [0.1, 0.15) is 16.7 Å². The van der Waals surface area contributed by atoms with Crippen LogP contribution in [-0.2, 0) is 24.4 Å². The number of amides is 1. The molecule has 0 spiro atoms. The Labute approximate surface area is 345 Å². The van der Waals surface area contributed by atoms with Crippen molar-refractivity contribution in [3.63, 3.8) is 0 Å². The van der Waals surface area contributed by atoms with Crippen LogP contribution >= 0.6 is 40.7 Å². The van der Waals surface area contributed by atoms with E-state index in [-0.39, 0.29) is 48.6 Å². The van der Waals surface area contributed by atoms with Crippen LogP contribution in [0.15, 0.2) is 133 Å². The maximum absolute atomic E-state index is 13.8. The molecule has 7 N–H and O–H groups in total. The molecule has 6 rings (SSSR count). The number of alkyl halides is 3. The second kappa shape index (κ2) is 25.4. The Kier molecular flexibility index (Phi) is 22.3.